The number of anilines is 1. The number of fused-ring (bicyclic) bond motifs is 3. The van der Waals surface area contributed by atoms with Crippen molar-refractivity contribution in [1.82, 2.24) is 15.2 Å². The summed E-state index contributed by atoms with van der Waals surface area (Å²) < 4.78 is 6.12. The van der Waals surface area contributed by atoms with Crippen LogP contribution in [0.15, 0.2) is 47.6 Å². The molecule has 2 heterocycles. The van der Waals surface area contributed by atoms with Crippen LogP contribution < -0.4 is 10.1 Å². The van der Waals surface area contributed by atoms with Crippen molar-refractivity contribution in [2.24, 2.45) is 0 Å². The van der Waals surface area contributed by atoms with Crippen molar-refractivity contribution >= 4 is 40.7 Å². The van der Waals surface area contributed by atoms with Crippen LogP contribution in [0.3, 0.4) is 0 Å². The van der Waals surface area contributed by atoms with E-state index in [4.69, 9.17) is 27.9 Å². The normalized spacial score (nSPS) is 15.4. The van der Waals surface area contributed by atoms with Crippen molar-refractivity contribution in [2.45, 2.75) is 11.4 Å². The summed E-state index contributed by atoms with van der Waals surface area (Å²) in [6.45, 7) is 0. The Kier molecular flexibility index (Phi) is 4.41. The van der Waals surface area contributed by atoms with E-state index in [0.29, 0.717) is 32.3 Å². The third-order valence-electron chi connectivity index (χ3n) is 3.78. The number of nitrogens with zero attached hydrogens (tertiary/aromatic N) is 3. The zero-order chi connectivity index (χ0) is 17.4. The number of aromatic nitrogens is 3. The van der Waals surface area contributed by atoms with E-state index in [-0.39, 0.29) is 0 Å². The lowest BCUT2D eigenvalue weighted by Crippen LogP contribution is -2.18. The van der Waals surface area contributed by atoms with Crippen LogP contribution >= 0.6 is 35.0 Å². The number of benzene rings is 2. The molecule has 3 aromatic rings. The Morgan fingerprint density at radius 3 is 2.56 bits per heavy atom. The molecule has 0 amide bonds. The van der Waals surface area contributed by atoms with Crippen LogP contribution in [-0.2, 0) is 0 Å². The molecule has 4 rings (SSSR count). The molecule has 25 heavy (non-hydrogen) atoms. The number of nitrogens with one attached hydrogen (secondary N) is 1. The zero-order valence-electron chi connectivity index (χ0n) is 13.0. The molecule has 1 atom stereocenters. The first kappa shape index (κ1) is 16.4. The third kappa shape index (κ3) is 3.01. The van der Waals surface area contributed by atoms with Crippen molar-refractivity contribution < 1.29 is 4.74 Å². The molecule has 2 aromatic carbocycles. The largest absolute Gasteiger partial charge is 0.448 e. The topological polar surface area (TPSA) is 59.9 Å². The van der Waals surface area contributed by atoms with Gasteiger partial charge in [0.05, 0.1) is 15.6 Å². The highest BCUT2D eigenvalue weighted by Crippen LogP contribution is 2.42. The maximum atomic E-state index is 6.37. The van der Waals surface area contributed by atoms with Gasteiger partial charge >= 0.3 is 0 Å². The van der Waals surface area contributed by atoms with Crippen LogP contribution in [0.1, 0.15) is 11.8 Å². The fourth-order valence-electron chi connectivity index (χ4n) is 2.63. The van der Waals surface area contributed by atoms with Crippen LogP contribution in [0, 0.1) is 0 Å². The smallest absolute Gasteiger partial charge is 0.247 e. The van der Waals surface area contributed by atoms with Gasteiger partial charge in [0.1, 0.15) is 0 Å². The first-order valence-corrected chi connectivity index (χ1v) is 9.40. The first-order chi connectivity index (χ1) is 12.2. The van der Waals surface area contributed by atoms with E-state index >= 15 is 0 Å². The van der Waals surface area contributed by atoms with Gasteiger partial charge in [0.2, 0.25) is 17.3 Å². The lowest BCUT2D eigenvalue weighted by molar-refractivity contribution is 0.225. The Labute approximate surface area is 158 Å². The molecule has 0 radical (unpaired) electrons. The molecule has 0 saturated heterocycles. The predicted molar refractivity (Wildman–Crippen MR) is 100 cm³/mol. The van der Waals surface area contributed by atoms with Crippen molar-refractivity contribution in [1.29, 1.82) is 0 Å². The van der Waals surface area contributed by atoms with E-state index in [9.17, 15) is 0 Å². The molecule has 0 aliphatic carbocycles. The van der Waals surface area contributed by atoms with Gasteiger partial charge in [-0.2, -0.15) is 4.98 Å². The highest BCUT2D eigenvalue weighted by Gasteiger charge is 2.28. The summed E-state index contributed by atoms with van der Waals surface area (Å²) in [5.41, 5.74) is 2.93. The summed E-state index contributed by atoms with van der Waals surface area (Å²) in [6, 6.07) is 13.1. The SMILES string of the molecule is CSc1nnc2c(n1)OC(c1c(Cl)cccc1Cl)Nc1ccccc1-2. The fraction of sp³-hybridized carbons (Fsp3) is 0.118. The monoisotopic (exact) mass is 390 g/mol. The zero-order valence-corrected chi connectivity index (χ0v) is 15.4. The van der Waals surface area contributed by atoms with Crippen molar-refractivity contribution in [3.05, 3.63) is 58.1 Å². The van der Waals surface area contributed by atoms with Gasteiger partial charge in [0.15, 0.2) is 5.69 Å². The molecule has 1 N–H and O–H groups in total. The number of rotatable bonds is 2. The van der Waals surface area contributed by atoms with E-state index < -0.39 is 6.23 Å². The molecule has 1 aliphatic heterocycles. The molecule has 1 aromatic heterocycles. The van der Waals surface area contributed by atoms with Gasteiger partial charge in [-0.3, -0.25) is 0 Å². The summed E-state index contributed by atoms with van der Waals surface area (Å²) in [6.07, 6.45) is 1.28. The van der Waals surface area contributed by atoms with Crippen LogP contribution in [-0.4, -0.2) is 21.4 Å². The molecule has 8 heteroatoms. The molecule has 126 valence electrons. The minimum atomic E-state index is -0.602. The second-order valence-electron chi connectivity index (χ2n) is 5.28. The lowest BCUT2D eigenvalue weighted by atomic mass is 10.1. The number of ether oxygens (including phenoxy) is 1. The molecule has 1 unspecified atom stereocenters. The average Bonchev–Trinajstić information content (AvgIpc) is 2.77. The molecule has 0 bridgehead atoms. The van der Waals surface area contributed by atoms with Gasteiger partial charge in [-0.15, -0.1) is 10.2 Å². The highest BCUT2D eigenvalue weighted by atomic mass is 35.5. The predicted octanol–water partition coefficient (Wildman–Crippen LogP) is 5.07. The first-order valence-electron chi connectivity index (χ1n) is 7.42. The summed E-state index contributed by atoms with van der Waals surface area (Å²) in [5.74, 6) is 0.387. The van der Waals surface area contributed by atoms with Crippen molar-refractivity contribution in [3.63, 3.8) is 0 Å². The molecule has 0 fully saturated rings. The lowest BCUT2D eigenvalue weighted by Gasteiger charge is -2.21. The maximum Gasteiger partial charge on any atom is 0.247 e. The van der Waals surface area contributed by atoms with Crippen LogP contribution in [0.5, 0.6) is 5.88 Å². The van der Waals surface area contributed by atoms with E-state index in [2.05, 4.69) is 20.5 Å². The van der Waals surface area contributed by atoms with Gasteiger partial charge in [0, 0.05) is 11.3 Å². The minimum absolute atomic E-state index is 0.387. The van der Waals surface area contributed by atoms with Crippen molar-refractivity contribution in [3.8, 4) is 17.1 Å². The second-order valence-corrected chi connectivity index (χ2v) is 6.86. The Bertz CT molecular complexity index is 933. The standard InChI is InChI=1S/C17H12Cl2N4OS/c1-25-17-21-16-14(22-23-17)9-5-2-3-8-12(9)20-15(24-16)13-10(18)6-4-7-11(13)19/h2-8,15,20H,1H3. The third-order valence-corrected chi connectivity index (χ3v) is 4.98. The molecule has 0 spiro atoms. The van der Waals surface area contributed by atoms with Gasteiger partial charge in [0.25, 0.3) is 0 Å². The Balaban J connectivity index is 1.91. The quantitative estimate of drug-likeness (QED) is 0.616. The van der Waals surface area contributed by atoms with Crippen LogP contribution in [0.2, 0.25) is 10.0 Å². The fourth-order valence-corrected chi connectivity index (χ4v) is 3.52. The van der Waals surface area contributed by atoms with E-state index in [1.165, 1.54) is 11.8 Å². The van der Waals surface area contributed by atoms with Gasteiger partial charge < -0.3 is 10.1 Å². The molecule has 1 aliphatic rings. The maximum absolute atomic E-state index is 6.37. The summed E-state index contributed by atoms with van der Waals surface area (Å²) in [5, 5.41) is 13.3. The van der Waals surface area contributed by atoms with Gasteiger partial charge in [-0.25, -0.2) is 0 Å². The Morgan fingerprint density at radius 2 is 1.80 bits per heavy atom. The van der Waals surface area contributed by atoms with Gasteiger partial charge in [-0.05, 0) is 24.5 Å². The number of hydrogen-bond acceptors (Lipinski definition) is 6. The van der Waals surface area contributed by atoms with Crippen LogP contribution in [0.4, 0.5) is 5.69 Å². The molecular weight excluding hydrogens is 379 g/mol. The Morgan fingerprint density at radius 1 is 1.04 bits per heavy atom. The second kappa shape index (κ2) is 6.71. The summed E-state index contributed by atoms with van der Waals surface area (Å²) in [7, 11) is 0. The average molecular weight is 391 g/mol. The minimum Gasteiger partial charge on any atom is -0.448 e. The summed E-state index contributed by atoms with van der Waals surface area (Å²) >= 11 is 14.1. The van der Waals surface area contributed by atoms with E-state index in [1.54, 1.807) is 18.2 Å². The number of halogens is 2. The number of para-hydroxylation sites is 1. The highest BCUT2D eigenvalue weighted by molar-refractivity contribution is 7.98. The van der Waals surface area contributed by atoms with E-state index in [1.807, 2.05) is 30.5 Å². The Hall–Kier alpha value is -2.02. The van der Waals surface area contributed by atoms with Gasteiger partial charge in [-0.1, -0.05) is 59.2 Å². The summed E-state index contributed by atoms with van der Waals surface area (Å²) in [4.78, 5) is 4.47. The number of thioether (sulfide) groups is 1. The molecule has 5 nitrogen and oxygen atoms in total. The molecular formula is C17H12Cl2N4OS. The molecule has 0 saturated carbocycles. The van der Waals surface area contributed by atoms with Crippen LogP contribution in [0.25, 0.3) is 11.3 Å². The van der Waals surface area contributed by atoms with Crippen molar-refractivity contribution in [2.75, 3.05) is 11.6 Å². The van der Waals surface area contributed by atoms with E-state index in [0.717, 1.165) is 11.3 Å². The number of hydrogen-bond donors (Lipinski definition) is 1.